The van der Waals surface area contributed by atoms with Crippen molar-refractivity contribution in [1.82, 2.24) is 0 Å². The molecule has 27 heavy (non-hydrogen) atoms. The number of rotatable bonds is 4. The Balaban J connectivity index is 1.63. The van der Waals surface area contributed by atoms with Crippen molar-refractivity contribution < 1.29 is 18.7 Å². The van der Waals surface area contributed by atoms with E-state index in [1.54, 1.807) is 37.3 Å². The number of ether oxygens (including phenoxy) is 1. The minimum absolute atomic E-state index is 0.211. The van der Waals surface area contributed by atoms with Gasteiger partial charge in [0.05, 0.1) is 12.2 Å². The van der Waals surface area contributed by atoms with E-state index in [0.29, 0.717) is 23.4 Å². The second-order valence-corrected chi connectivity index (χ2v) is 6.06. The van der Waals surface area contributed by atoms with Crippen molar-refractivity contribution in [2.45, 2.75) is 6.92 Å². The molecule has 0 saturated carbocycles. The van der Waals surface area contributed by atoms with E-state index < -0.39 is 5.97 Å². The molecular weight excluding hydrogens is 342 g/mol. The maximum Gasteiger partial charge on any atom is 0.338 e. The molecule has 1 heterocycles. The molecule has 0 radical (unpaired) electrons. The standard InChI is InChI=1S/C22H17NO4/c1-2-26-22(25)15-7-5-8-16(12-15)23-21(24)20-13-18-17-9-4-3-6-14(17)10-11-19(18)27-20/h3-13H,2H2,1H3,(H,23,24). The summed E-state index contributed by atoms with van der Waals surface area (Å²) in [5.74, 6) is -0.594. The minimum atomic E-state index is -0.427. The minimum Gasteiger partial charge on any atom is -0.462 e. The number of hydrogen-bond donors (Lipinski definition) is 1. The third kappa shape index (κ3) is 3.27. The van der Waals surface area contributed by atoms with E-state index in [1.165, 1.54) is 0 Å². The summed E-state index contributed by atoms with van der Waals surface area (Å²) in [4.78, 5) is 24.4. The average molecular weight is 359 g/mol. The van der Waals surface area contributed by atoms with Crippen LogP contribution in [0.3, 0.4) is 0 Å². The van der Waals surface area contributed by atoms with Gasteiger partial charge in [-0.05, 0) is 48.0 Å². The van der Waals surface area contributed by atoms with Crippen LogP contribution < -0.4 is 5.32 Å². The quantitative estimate of drug-likeness (QED) is 0.520. The lowest BCUT2D eigenvalue weighted by atomic mass is 10.1. The fraction of sp³-hybridized carbons (Fsp3) is 0.0909. The monoisotopic (exact) mass is 359 g/mol. The molecule has 0 atom stereocenters. The zero-order valence-corrected chi connectivity index (χ0v) is 14.7. The molecule has 5 nitrogen and oxygen atoms in total. The largest absolute Gasteiger partial charge is 0.462 e. The van der Waals surface area contributed by atoms with E-state index >= 15 is 0 Å². The van der Waals surface area contributed by atoms with Crippen molar-refractivity contribution in [3.8, 4) is 0 Å². The van der Waals surface area contributed by atoms with Gasteiger partial charge >= 0.3 is 5.97 Å². The molecule has 5 heteroatoms. The maximum absolute atomic E-state index is 12.6. The Morgan fingerprint density at radius 2 is 1.81 bits per heavy atom. The Bertz CT molecular complexity index is 1160. The molecular formula is C22H17NO4. The summed E-state index contributed by atoms with van der Waals surface area (Å²) in [5.41, 5.74) is 1.53. The highest BCUT2D eigenvalue weighted by Crippen LogP contribution is 2.28. The number of furan rings is 1. The average Bonchev–Trinajstić information content (AvgIpc) is 3.13. The van der Waals surface area contributed by atoms with Gasteiger partial charge in [0.25, 0.3) is 5.91 Å². The molecule has 0 aliphatic carbocycles. The first-order valence-electron chi connectivity index (χ1n) is 8.65. The van der Waals surface area contributed by atoms with Crippen LogP contribution in [0.2, 0.25) is 0 Å². The molecule has 0 spiro atoms. The molecule has 1 amide bonds. The molecule has 1 N–H and O–H groups in total. The molecule has 0 aliphatic heterocycles. The highest BCUT2D eigenvalue weighted by atomic mass is 16.5. The first kappa shape index (κ1) is 16.8. The first-order chi connectivity index (χ1) is 13.2. The SMILES string of the molecule is CCOC(=O)c1cccc(NC(=O)c2cc3c(ccc4ccccc43)o2)c1. The van der Waals surface area contributed by atoms with Crippen LogP contribution in [0, 0.1) is 0 Å². The van der Waals surface area contributed by atoms with Crippen LogP contribution in [0.15, 0.2) is 71.1 Å². The number of esters is 1. The van der Waals surface area contributed by atoms with E-state index in [-0.39, 0.29) is 11.7 Å². The Labute approximate surface area is 155 Å². The fourth-order valence-electron chi connectivity index (χ4n) is 3.04. The Morgan fingerprint density at radius 3 is 2.67 bits per heavy atom. The zero-order valence-electron chi connectivity index (χ0n) is 14.7. The van der Waals surface area contributed by atoms with Gasteiger partial charge in [-0.25, -0.2) is 4.79 Å². The van der Waals surface area contributed by atoms with Crippen molar-refractivity contribution in [3.05, 3.63) is 78.1 Å². The van der Waals surface area contributed by atoms with Crippen molar-refractivity contribution in [2.24, 2.45) is 0 Å². The third-order valence-corrected chi connectivity index (χ3v) is 4.28. The summed E-state index contributed by atoms with van der Waals surface area (Å²) < 4.78 is 10.7. The smallest absolute Gasteiger partial charge is 0.338 e. The van der Waals surface area contributed by atoms with Crippen LogP contribution in [0.5, 0.6) is 0 Å². The molecule has 0 unspecified atom stereocenters. The summed E-state index contributed by atoms with van der Waals surface area (Å²) in [6.07, 6.45) is 0. The van der Waals surface area contributed by atoms with Crippen LogP contribution in [-0.2, 0) is 4.74 Å². The Hall–Kier alpha value is -3.60. The van der Waals surface area contributed by atoms with Crippen LogP contribution in [0.25, 0.3) is 21.7 Å². The Kier molecular flexibility index (Phi) is 4.34. The van der Waals surface area contributed by atoms with E-state index in [1.807, 2.05) is 36.4 Å². The summed E-state index contributed by atoms with van der Waals surface area (Å²) in [7, 11) is 0. The number of carbonyl (C=O) groups excluding carboxylic acids is 2. The second-order valence-electron chi connectivity index (χ2n) is 6.06. The predicted molar refractivity (Wildman–Crippen MR) is 104 cm³/mol. The number of anilines is 1. The van der Waals surface area contributed by atoms with Gasteiger partial charge in [0.15, 0.2) is 5.76 Å². The van der Waals surface area contributed by atoms with Crippen molar-refractivity contribution in [1.29, 1.82) is 0 Å². The van der Waals surface area contributed by atoms with Gasteiger partial charge in [0.2, 0.25) is 0 Å². The number of carbonyl (C=O) groups is 2. The van der Waals surface area contributed by atoms with E-state index in [2.05, 4.69) is 5.32 Å². The second kappa shape index (κ2) is 6.96. The van der Waals surface area contributed by atoms with Gasteiger partial charge in [-0.3, -0.25) is 4.79 Å². The molecule has 0 saturated heterocycles. The molecule has 3 aromatic carbocycles. The highest BCUT2D eigenvalue weighted by Gasteiger charge is 2.15. The topological polar surface area (TPSA) is 68.5 Å². The molecule has 4 aromatic rings. The lowest BCUT2D eigenvalue weighted by Gasteiger charge is -2.06. The predicted octanol–water partition coefficient (Wildman–Crippen LogP) is 5.02. The summed E-state index contributed by atoms with van der Waals surface area (Å²) >= 11 is 0. The molecule has 134 valence electrons. The summed E-state index contributed by atoms with van der Waals surface area (Å²) in [6, 6.07) is 20.1. The van der Waals surface area contributed by atoms with Crippen LogP contribution in [0.1, 0.15) is 27.8 Å². The highest BCUT2D eigenvalue weighted by molar-refractivity contribution is 6.11. The normalized spacial score (nSPS) is 10.9. The lowest BCUT2D eigenvalue weighted by molar-refractivity contribution is 0.0526. The third-order valence-electron chi connectivity index (χ3n) is 4.28. The molecule has 4 rings (SSSR count). The van der Waals surface area contributed by atoms with Crippen molar-refractivity contribution in [3.63, 3.8) is 0 Å². The van der Waals surface area contributed by atoms with E-state index in [9.17, 15) is 9.59 Å². The number of fused-ring (bicyclic) bond motifs is 3. The Morgan fingerprint density at radius 1 is 0.963 bits per heavy atom. The van der Waals surface area contributed by atoms with Gasteiger partial charge < -0.3 is 14.5 Å². The fourth-order valence-corrected chi connectivity index (χ4v) is 3.04. The molecule has 1 aromatic heterocycles. The van der Waals surface area contributed by atoms with Gasteiger partial charge in [-0.1, -0.05) is 36.4 Å². The van der Waals surface area contributed by atoms with Crippen molar-refractivity contribution in [2.75, 3.05) is 11.9 Å². The number of nitrogens with one attached hydrogen (secondary N) is 1. The molecule has 0 aliphatic rings. The molecule has 0 bridgehead atoms. The zero-order chi connectivity index (χ0) is 18.8. The van der Waals surface area contributed by atoms with E-state index in [0.717, 1.165) is 16.2 Å². The van der Waals surface area contributed by atoms with Crippen LogP contribution >= 0.6 is 0 Å². The number of amides is 1. The number of hydrogen-bond acceptors (Lipinski definition) is 4. The van der Waals surface area contributed by atoms with Gasteiger partial charge in [0.1, 0.15) is 5.58 Å². The van der Waals surface area contributed by atoms with Crippen LogP contribution in [-0.4, -0.2) is 18.5 Å². The lowest BCUT2D eigenvalue weighted by Crippen LogP contribution is -2.12. The first-order valence-corrected chi connectivity index (χ1v) is 8.65. The van der Waals surface area contributed by atoms with Gasteiger partial charge in [-0.2, -0.15) is 0 Å². The molecule has 0 fully saturated rings. The van der Waals surface area contributed by atoms with E-state index in [4.69, 9.17) is 9.15 Å². The van der Waals surface area contributed by atoms with Gasteiger partial charge in [0, 0.05) is 11.1 Å². The summed E-state index contributed by atoms with van der Waals surface area (Å²) in [6.45, 7) is 2.04. The summed E-state index contributed by atoms with van der Waals surface area (Å²) in [5, 5.41) is 5.76. The maximum atomic E-state index is 12.6. The van der Waals surface area contributed by atoms with Gasteiger partial charge in [-0.15, -0.1) is 0 Å². The van der Waals surface area contributed by atoms with Crippen molar-refractivity contribution >= 4 is 39.3 Å². The van der Waals surface area contributed by atoms with Crippen LogP contribution in [0.4, 0.5) is 5.69 Å². The number of benzene rings is 3.